The first-order valence-electron chi connectivity index (χ1n) is 10.8. The summed E-state index contributed by atoms with van der Waals surface area (Å²) in [5.74, 6) is -0.778. The zero-order chi connectivity index (χ0) is 24.5. The van der Waals surface area contributed by atoms with Crippen molar-refractivity contribution < 1.29 is 14.4 Å². The lowest BCUT2D eigenvalue weighted by Gasteiger charge is -2.26. The van der Waals surface area contributed by atoms with Crippen molar-refractivity contribution in [1.29, 1.82) is 0 Å². The van der Waals surface area contributed by atoms with E-state index in [0.29, 0.717) is 34.4 Å². The van der Waals surface area contributed by atoms with Crippen LogP contribution in [0.4, 0.5) is 5.13 Å². The summed E-state index contributed by atoms with van der Waals surface area (Å²) < 4.78 is 0. The highest BCUT2D eigenvalue weighted by Gasteiger charge is 2.22. The average molecular weight is 500 g/mol. The fraction of sp³-hybridized carbons (Fsp3) is 0.292. The maximum atomic E-state index is 12.8. The first-order chi connectivity index (χ1) is 16.3. The smallest absolute Gasteiger partial charge is 0.254 e. The molecular weight excluding hydrogens is 474 g/mol. The number of rotatable bonds is 10. The predicted octanol–water partition coefficient (Wildman–Crippen LogP) is 3.58. The lowest BCUT2D eigenvalue weighted by Crippen LogP contribution is -2.42. The van der Waals surface area contributed by atoms with Crippen molar-refractivity contribution in [1.82, 2.24) is 20.2 Å². The molecule has 8 nitrogen and oxygen atoms in total. The van der Waals surface area contributed by atoms with Gasteiger partial charge in [-0.15, -0.1) is 11.3 Å². The minimum atomic E-state index is -0.364. The molecule has 3 amide bonds. The summed E-state index contributed by atoms with van der Waals surface area (Å²) in [4.78, 5) is 47.6. The Morgan fingerprint density at radius 2 is 1.82 bits per heavy atom. The predicted molar refractivity (Wildman–Crippen MR) is 133 cm³/mol. The van der Waals surface area contributed by atoms with Crippen molar-refractivity contribution in [2.24, 2.45) is 0 Å². The van der Waals surface area contributed by atoms with E-state index >= 15 is 0 Å². The number of amides is 3. The fourth-order valence-electron chi connectivity index (χ4n) is 3.11. The third kappa shape index (κ3) is 7.64. The number of carbonyl (C=O) groups is 3. The van der Waals surface area contributed by atoms with Crippen LogP contribution in [0.15, 0.2) is 54.0 Å². The number of nitrogens with zero attached hydrogens (tertiary/aromatic N) is 3. The van der Waals surface area contributed by atoms with Crippen LogP contribution >= 0.6 is 22.9 Å². The number of pyridine rings is 1. The highest BCUT2D eigenvalue weighted by atomic mass is 35.5. The second kappa shape index (κ2) is 12.2. The normalized spacial score (nSPS) is 10.7. The maximum absolute atomic E-state index is 12.8. The van der Waals surface area contributed by atoms with Gasteiger partial charge in [0, 0.05) is 46.9 Å². The van der Waals surface area contributed by atoms with Crippen molar-refractivity contribution >= 4 is 45.8 Å². The van der Waals surface area contributed by atoms with Gasteiger partial charge >= 0.3 is 0 Å². The molecule has 34 heavy (non-hydrogen) atoms. The molecule has 3 rings (SSSR count). The number of anilines is 1. The lowest BCUT2D eigenvalue weighted by molar-refractivity contribution is -0.120. The molecule has 2 aromatic heterocycles. The Balaban J connectivity index is 1.49. The zero-order valence-corrected chi connectivity index (χ0v) is 20.5. The molecule has 2 N–H and O–H groups in total. The number of thiazole rings is 1. The average Bonchev–Trinajstić information content (AvgIpc) is 3.24. The van der Waals surface area contributed by atoms with Gasteiger partial charge in [0.2, 0.25) is 11.8 Å². The second-order valence-corrected chi connectivity index (χ2v) is 9.12. The van der Waals surface area contributed by atoms with E-state index in [1.807, 2.05) is 32.0 Å². The van der Waals surface area contributed by atoms with Crippen LogP contribution < -0.4 is 10.6 Å². The molecule has 10 heteroatoms. The zero-order valence-electron chi connectivity index (χ0n) is 19.0. The Morgan fingerprint density at radius 3 is 2.50 bits per heavy atom. The van der Waals surface area contributed by atoms with Gasteiger partial charge in [-0.25, -0.2) is 4.98 Å². The monoisotopic (exact) mass is 499 g/mol. The van der Waals surface area contributed by atoms with E-state index in [1.165, 1.54) is 16.2 Å². The van der Waals surface area contributed by atoms with E-state index in [2.05, 4.69) is 20.6 Å². The number of aromatic nitrogens is 2. The van der Waals surface area contributed by atoms with Crippen LogP contribution in [0.1, 0.15) is 35.6 Å². The molecule has 0 aliphatic heterocycles. The minimum absolute atomic E-state index is 0.113. The van der Waals surface area contributed by atoms with E-state index in [1.54, 1.807) is 35.8 Å². The SMILES string of the molecule is CC(C)N(CC(=O)Nc1nc(CC(=O)NCCc2ccccn2)cs1)C(=O)c1ccc(Cl)cc1. The van der Waals surface area contributed by atoms with Gasteiger partial charge in [-0.2, -0.15) is 0 Å². The molecule has 1 aromatic carbocycles. The van der Waals surface area contributed by atoms with Crippen LogP contribution in [-0.4, -0.2) is 51.7 Å². The van der Waals surface area contributed by atoms with E-state index in [9.17, 15) is 14.4 Å². The summed E-state index contributed by atoms with van der Waals surface area (Å²) in [5.41, 5.74) is 1.93. The molecule has 0 unspecified atom stereocenters. The molecule has 2 heterocycles. The van der Waals surface area contributed by atoms with Gasteiger partial charge in [0.15, 0.2) is 5.13 Å². The first kappa shape index (κ1) is 25.3. The molecule has 0 saturated heterocycles. The molecule has 0 fully saturated rings. The molecule has 0 aliphatic rings. The number of benzene rings is 1. The number of hydrogen-bond acceptors (Lipinski definition) is 6. The van der Waals surface area contributed by atoms with Gasteiger partial charge in [-0.05, 0) is 50.2 Å². The summed E-state index contributed by atoms with van der Waals surface area (Å²) in [6, 6.07) is 12.0. The van der Waals surface area contributed by atoms with E-state index in [4.69, 9.17) is 11.6 Å². The number of nitrogens with one attached hydrogen (secondary N) is 2. The molecule has 3 aromatic rings. The Labute approximate surface area is 207 Å². The van der Waals surface area contributed by atoms with Gasteiger partial charge in [0.05, 0.1) is 12.1 Å². The third-order valence-corrected chi connectivity index (χ3v) is 5.92. The van der Waals surface area contributed by atoms with Crippen LogP contribution in [-0.2, 0) is 22.4 Å². The molecule has 0 aliphatic carbocycles. The van der Waals surface area contributed by atoms with Crippen molar-refractivity contribution in [3.8, 4) is 0 Å². The van der Waals surface area contributed by atoms with Gasteiger partial charge in [-0.3, -0.25) is 19.4 Å². The quantitative estimate of drug-likeness (QED) is 0.443. The molecule has 0 saturated carbocycles. The maximum Gasteiger partial charge on any atom is 0.254 e. The van der Waals surface area contributed by atoms with Crippen LogP contribution in [0.25, 0.3) is 0 Å². The molecule has 0 atom stereocenters. The van der Waals surface area contributed by atoms with Gasteiger partial charge < -0.3 is 15.5 Å². The van der Waals surface area contributed by atoms with Gasteiger partial charge in [-0.1, -0.05) is 17.7 Å². The number of hydrogen-bond donors (Lipinski definition) is 2. The highest BCUT2D eigenvalue weighted by Crippen LogP contribution is 2.17. The van der Waals surface area contributed by atoms with Crippen LogP contribution in [0.3, 0.4) is 0 Å². The summed E-state index contributed by atoms with van der Waals surface area (Å²) >= 11 is 7.13. The Bertz CT molecular complexity index is 1120. The molecule has 0 bridgehead atoms. The summed E-state index contributed by atoms with van der Waals surface area (Å²) in [7, 11) is 0. The van der Waals surface area contributed by atoms with Gasteiger partial charge in [0.25, 0.3) is 5.91 Å². The molecule has 0 spiro atoms. The summed E-state index contributed by atoms with van der Waals surface area (Å²) in [5, 5.41) is 8.20. The van der Waals surface area contributed by atoms with E-state index in [-0.39, 0.29) is 36.7 Å². The topological polar surface area (TPSA) is 104 Å². The van der Waals surface area contributed by atoms with E-state index in [0.717, 1.165) is 5.69 Å². The van der Waals surface area contributed by atoms with Crippen molar-refractivity contribution in [2.75, 3.05) is 18.4 Å². The largest absolute Gasteiger partial charge is 0.355 e. The third-order valence-electron chi connectivity index (χ3n) is 4.86. The molecular formula is C24H26ClN5O3S. The van der Waals surface area contributed by atoms with Crippen molar-refractivity contribution in [3.63, 3.8) is 0 Å². The molecule has 0 radical (unpaired) electrons. The van der Waals surface area contributed by atoms with Crippen LogP contribution in [0, 0.1) is 0 Å². The Morgan fingerprint density at radius 1 is 1.06 bits per heavy atom. The second-order valence-electron chi connectivity index (χ2n) is 7.82. The van der Waals surface area contributed by atoms with E-state index < -0.39 is 0 Å². The summed E-state index contributed by atoms with van der Waals surface area (Å²) in [6.45, 7) is 4.04. The van der Waals surface area contributed by atoms with Crippen LogP contribution in [0.2, 0.25) is 5.02 Å². The first-order valence-corrected chi connectivity index (χ1v) is 12.0. The minimum Gasteiger partial charge on any atom is -0.355 e. The fourth-order valence-corrected chi connectivity index (χ4v) is 3.96. The van der Waals surface area contributed by atoms with Crippen LogP contribution in [0.5, 0.6) is 0 Å². The standard InChI is InChI=1S/C24H26ClN5O3S/c1-16(2)30(23(33)17-6-8-18(25)9-7-17)14-22(32)29-24-28-20(15-34-24)13-21(31)27-12-10-19-5-3-4-11-26-19/h3-9,11,15-16H,10,12-14H2,1-2H3,(H,27,31)(H,28,29,32). The lowest BCUT2D eigenvalue weighted by atomic mass is 10.1. The number of halogens is 1. The van der Waals surface area contributed by atoms with Gasteiger partial charge in [0.1, 0.15) is 6.54 Å². The molecule has 178 valence electrons. The van der Waals surface area contributed by atoms with Crippen molar-refractivity contribution in [2.45, 2.75) is 32.7 Å². The summed E-state index contributed by atoms with van der Waals surface area (Å²) in [6.07, 6.45) is 2.48. The Hall–Kier alpha value is -3.30. The highest BCUT2D eigenvalue weighted by molar-refractivity contribution is 7.13. The van der Waals surface area contributed by atoms with Crippen molar-refractivity contribution in [3.05, 3.63) is 76.0 Å². The Kier molecular flexibility index (Phi) is 9.12. The number of carbonyl (C=O) groups excluding carboxylic acids is 3.